The standard InChI is InChI=1S/C6H11F2NO/c1-9(3-6(7)8)2-5-4-10-5/h5-6H,2-4H2,1H3. The van der Waals surface area contributed by atoms with E-state index in [4.69, 9.17) is 4.74 Å². The van der Waals surface area contributed by atoms with Gasteiger partial charge in [-0.25, -0.2) is 8.78 Å². The Morgan fingerprint density at radius 1 is 1.70 bits per heavy atom. The van der Waals surface area contributed by atoms with Gasteiger partial charge in [0.2, 0.25) is 0 Å². The minimum atomic E-state index is -2.23. The van der Waals surface area contributed by atoms with E-state index in [1.54, 1.807) is 11.9 Å². The van der Waals surface area contributed by atoms with Crippen molar-refractivity contribution in [3.63, 3.8) is 0 Å². The average Bonchev–Trinajstić information content (AvgIpc) is 2.46. The highest BCUT2D eigenvalue weighted by atomic mass is 19.3. The molecule has 0 bridgehead atoms. The topological polar surface area (TPSA) is 15.8 Å². The Balaban J connectivity index is 2.02. The van der Waals surface area contributed by atoms with Crippen molar-refractivity contribution in [1.29, 1.82) is 0 Å². The summed E-state index contributed by atoms with van der Waals surface area (Å²) in [7, 11) is 1.67. The third kappa shape index (κ3) is 3.08. The van der Waals surface area contributed by atoms with Crippen molar-refractivity contribution in [2.75, 3.05) is 26.7 Å². The second kappa shape index (κ2) is 3.25. The molecular formula is C6H11F2NO. The van der Waals surface area contributed by atoms with Crippen LogP contribution in [0, 0.1) is 0 Å². The fourth-order valence-electron chi connectivity index (χ4n) is 0.831. The van der Waals surface area contributed by atoms with Crippen molar-refractivity contribution in [3.05, 3.63) is 0 Å². The van der Waals surface area contributed by atoms with Gasteiger partial charge in [-0.15, -0.1) is 0 Å². The Labute approximate surface area is 58.8 Å². The number of hydrogen-bond donors (Lipinski definition) is 0. The van der Waals surface area contributed by atoms with E-state index < -0.39 is 6.43 Å². The average molecular weight is 151 g/mol. The number of alkyl halides is 2. The fraction of sp³-hybridized carbons (Fsp3) is 1.00. The predicted molar refractivity (Wildman–Crippen MR) is 33.2 cm³/mol. The number of ether oxygens (including phenoxy) is 1. The molecule has 0 radical (unpaired) electrons. The molecule has 1 fully saturated rings. The van der Waals surface area contributed by atoms with Crippen LogP contribution in [0.4, 0.5) is 8.78 Å². The zero-order chi connectivity index (χ0) is 7.56. The van der Waals surface area contributed by atoms with Crippen LogP contribution >= 0.6 is 0 Å². The van der Waals surface area contributed by atoms with E-state index in [2.05, 4.69) is 0 Å². The summed E-state index contributed by atoms with van der Waals surface area (Å²) >= 11 is 0. The SMILES string of the molecule is CN(CC(F)F)CC1CO1. The van der Waals surface area contributed by atoms with Gasteiger partial charge in [0.15, 0.2) is 0 Å². The summed E-state index contributed by atoms with van der Waals surface area (Å²) in [6.07, 6.45) is -2.02. The smallest absolute Gasteiger partial charge is 0.251 e. The zero-order valence-electron chi connectivity index (χ0n) is 5.89. The van der Waals surface area contributed by atoms with Gasteiger partial charge in [0.25, 0.3) is 6.43 Å². The van der Waals surface area contributed by atoms with Gasteiger partial charge in [-0.1, -0.05) is 0 Å². The first-order valence-electron chi connectivity index (χ1n) is 3.27. The molecule has 0 amide bonds. The molecule has 1 aliphatic heterocycles. The first kappa shape index (κ1) is 7.88. The van der Waals surface area contributed by atoms with Crippen molar-refractivity contribution in [1.82, 2.24) is 4.90 Å². The largest absolute Gasteiger partial charge is 0.372 e. The highest BCUT2D eigenvalue weighted by Crippen LogP contribution is 2.10. The quantitative estimate of drug-likeness (QED) is 0.546. The Morgan fingerprint density at radius 2 is 2.30 bits per heavy atom. The molecule has 1 saturated heterocycles. The van der Waals surface area contributed by atoms with Gasteiger partial charge in [-0.05, 0) is 7.05 Å². The van der Waals surface area contributed by atoms with E-state index in [0.717, 1.165) is 6.61 Å². The number of nitrogens with zero attached hydrogens (tertiary/aromatic N) is 1. The summed E-state index contributed by atoms with van der Waals surface area (Å²) in [6.45, 7) is 1.21. The molecule has 0 N–H and O–H groups in total. The Morgan fingerprint density at radius 3 is 2.70 bits per heavy atom. The monoisotopic (exact) mass is 151 g/mol. The normalized spacial score (nSPS) is 24.3. The summed E-state index contributed by atoms with van der Waals surface area (Å²) < 4.78 is 28.2. The highest BCUT2D eigenvalue weighted by molar-refractivity contribution is 4.72. The number of rotatable bonds is 4. The maximum Gasteiger partial charge on any atom is 0.251 e. The van der Waals surface area contributed by atoms with Gasteiger partial charge >= 0.3 is 0 Å². The molecule has 1 unspecified atom stereocenters. The van der Waals surface area contributed by atoms with Crippen LogP contribution in [0.3, 0.4) is 0 Å². The maximum atomic E-state index is 11.7. The molecule has 60 valence electrons. The molecule has 4 heteroatoms. The third-order valence-corrected chi connectivity index (χ3v) is 1.37. The van der Waals surface area contributed by atoms with Crippen molar-refractivity contribution in [2.24, 2.45) is 0 Å². The van der Waals surface area contributed by atoms with Crippen molar-refractivity contribution in [2.45, 2.75) is 12.5 Å². The highest BCUT2D eigenvalue weighted by Gasteiger charge is 2.24. The Bertz CT molecular complexity index is 102. The Kier molecular flexibility index (Phi) is 2.56. The number of hydrogen-bond acceptors (Lipinski definition) is 2. The molecule has 0 spiro atoms. The van der Waals surface area contributed by atoms with Crippen LogP contribution in [0.2, 0.25) is 0 Å². The third-order valence-electron chi connectivity index (χ3n) is 1.37. The van der Waals surface area contributed by atoms with Gasteiger partial charge in [-0.3, -0.25) is 4.90 Å². The van der Waals surface area contributed by atoms with Crippen LogP contribution in [0.5, 0.6) is 0 Å². The Hall–Kier alpha value is -0.220. The summed E-state index contributed by atoms with van der Waals surface area (Å²) in [6, 6.07) is 0. The van der Waals surface area contributed by atoms with Crippen LogP contribution in [0.15, 0.2) is 0 Å². The first-order chi connectivity index (χ1) is 4.68. The van der Waals surface area contributed by atoms with E-state index in [9.17, 15) is 8.78 Å². The van der Waals surface area contributed by atoms with Crippen LogP contribution < -0.4 is 0 Å². The van der Waals surface area contributed by atoms with Crippen LogP contribution in [0.25, 0.3) is 0 Å². The summed E-state index contributed by atoms with van der Waals surface area (Å²) in [4.78, 5) is 1.59. The van der Waals surface area contributed by atoms with Gasteiger partial charge < -0.3 is 4.74 Å². The molecule has 1 aliphatic rings. The lowest BCUT2D eigenvalue weighted by molar-refractivity contribution is 0.0971. The molecule has 1 atom stereocenters. The van der Waals surface area contributed by atoms with Gasteiger partial charge in [0.1, 0.15) is 0 Å². The summed E-state index contributed by atoms with van der Waals surface area (Å²) in [5, 5.41) is 0. The number of likely N-dealkylation sites (N-methyl/N-ethyl adjacent to an activating group) is 1. The second-order valence-corrected chi connectivity index (χ2v) is 2.57. The molecule has 0 aromatic heterocycles. The molecular weight excluding hydrogens is 140 g/mol. The van der Waals surface area contributed by atoms with Crippen LogP contribution in [0.1, 0.15) is 0 Å². The van der Waals surface area contributed by atoms with Gasteiger partial charge in [0, 0.05) is 6.54 Å². The second-order valence-electron chi connectivity index (χ2n) is 2.57. The summed E-state index contributed by atoms with van der Waals surface area (Å²) in [5.41, 5.74) is 0. The molecule has 0 saturated carbocycles. The van der Waals surface area contributed by atoms with Gasteiger partial charge in [-0.2, -0.15) is 0 Å². The zero-order valence-corrected chi connectivity index (χ0v) is 5.89. The van der Waals surface area contributed by atoms with Gasteiger partial charge in [0.05, 0.1) is 19.3 Å². The lowest BCUT2D eigenvalue weighted by atomic mass is 10.4. The van der Waals surface area contributed by atoms with Crippen molar-refractivity contribution >= 4 is 0 Å². The summed E-state index contributed by atoms with van der Waals surface area (Å²) in [5.74, 6) is 0. The molecule has 1 rings (SSSR count). The maximum absolute atomic E-state index is 11.7. The molecule has 0 aromatic rings. The van der Waals surface area contributed by atoms with E-state index in [1.807, 2.05) is 0 Å². The molecule has 10 heavy (non-hydrogen) atoms. The lowest BCUT2D eigenvalue weighted by Gasteiger charge is -2.13. The van der Waals surface area contributed by atoms with Crippen LogP contribution in [-0.4, -0.2) is 44.2 Å². The fourth-order valence-corrected chi connectivity index (χ4v) is 0.831. The molecule has 0 aromatic carbocycles. The van der Waals surface area contributed by atoms with Crippen molar-refractivity contribution in [3.8, 4) is 0 Å². The lowest BCUT2D eigenvalue weighted by Crippen LogP contribution is -2.28. The first-order valence-corrected chi connectivity index (χ1v) is 3.27. The number of halogens is 2. The predicted octanol–water partition coefficient (Wildman–Crippen LogP) is 0.582. The minimum Gasteiger partial charge on any atom is -0.372 e. The van der Waals surface area contributed by atoms with Crippen molar-refractivity contribution < 1.29 is 13.5 Å². The van der Waals surface area contributed by atoms with E-state index in [0.29, 0.717) is 6.54 Å². The van der Waals surface area contributed by atoms with E-state index in [-0.39, 0.29) is 12.6 Å². The van der Waals surface area contributed by atoms with E-state index in [1.165, 1.54) is 0 Å². The molecule has 1 heterocycles. The van der Waals surface area contributed by atoms with E-state index >= 15 is 0 Å². The molecule has 0 aliphatic carbocycles. The van der Waals surface area contributed by atoms with Crippen LogP contribution in [-0.2, 0) is 4.74 Å². The number of epoxide rings is 1. The minimum absolute atomic E-state index is 0.153. The molecule has 2 nitrogen and oxygen atoms in total.